The number of hydrogen-bond donors (Lipinski definition) is 2. The zero-order valence-electron chi connectivity index (χ0n) is 14.8. The fourth-order valence-electron chi connectivity index (χ4n) is 2.25. The highest BCUT2D eigenvalue weighted by Crippen LogP contribution is 2.23. The summed E-state index contributed by atoms with van der Waals surface area (Å²) in [6, 6.07) is 14.9. The van der Waals surface area contributed by atoms with Crippen LogP contribution in [0.15, 0.2) is 48.5 Å². The van der Waals surface area contributed by atoms with Crippen molar-refractivity contribution in [2.75, 3.05) is 37.5 Å². The number of carbonyl (C=O) groups excluding carboxylic acids is 1. The Morgan fingerprint density at radius 1 is 1.12 bits per heavy atom. The average molecular weight is 337 g/mol. The Hall–Kier alpha value is -3.13. The molecule has 5 heteroatoms. The summed E-state index contributed by atoms with van der Waals surface area (Å²) in [7, 11) is 3.95. The first-order chi connectivity index (χ1) is 12.1. The maximum absolute atomic E-state index is 12.0. The third-order valence-electron chi connectivity index (χ3n) is 3.38. The highest BCUT2D eigenvalue weighted by molar-refractivity contribution is 5.91. The SMILES string of the molecule is CCOc1ccccc1NC(=O)NCC#Cc1ccccc1N(C)C. The lowest BCUT2D eigenvalue weighted by Gasteiger charge is -2.14. The monoisotopic (exact) mass is 337 g/mol. The second-order valence-corrected chi connectivity index (χ2v) is 5.45. The molecule has 2 amide bonds. The Kier molecular flexibility index (Phi) is 6.73. The average Bonchev–Trinajstić information content (AvgIpc) is 2.61. The van der Waals surface area contributed by atoms with Crippen LogP contribution in [-0.2, 0) is 0 Å². The molecule has 0 aromatic heterocycles. The van der Waals surface area contributed by atoms with Gasteiger partial charge in [0.15, 0.2) is 0 Å². The predicted octanol–water partition coefficient (Wildman–Crippen LogP) is 3.32. The number of ether oxygens (including phenoxy) is 1. The van der Waals surface area contributed by atoms with Gasteiger partial charge in [-0.1, -0.05) is 36.1 Å². The van der Waals surface area contributed by atoms with Crippen LogP contribution in [0.1, 0.15) is 12.5 Å². The number of para-hydroxylation sites is 3. The number of carbonyl (C=O) groups is 1. The zero-order chi connectivity index (χ0) is 18.1. The van der Waals surface area contributed by atoms with E-state index in [4.69, 9.17) is 4.74 Å². The minimum absolute atomic E-state index is 0.254. The summed E-state index contributed by atoms with van der Waals surface area (Å²) in [5, 5.41) is 5.50. The number of hydrogen-bond acceptors (Lipinski definition) is 3. The molecule has 0 atom stereocenters. The molecule has 0 spiro atoms. The third-order valence-corrected chi connectivity index (χ3v) is 3.38. The molecule has 0 aliphatic carbocycles. The van der Waals surface area contributed by atoms with Crippen molar-refractivity contribution >= 4 is 17.4 Å². The smallest absolute Gasteiger partial charge is 0.320 e. The van der Waals surface area contributed by atoms with Gasteiger partial charge >= 0.3 is 6.03 Å². The molecule has 2 N–H and O–H groups in total. The van der Waals surface area contributed by atoms with Gasteiger partial charge in [0, 0.05) is 19.7 Å². The fraction of sp³-hybridized carbons (Fsp3) is 0.250. The van der Waals surface area contributed by atoms with E-state index in [2.05, 4.69) is 22.5 Å². The summed E-state index contributed by atoms with van der Waals surface area (Å²) < 4.78 is 5.48. The molecule has 2 aromatic carbocycles. The first-order valence-electron chi connectivity index (χ1n) is 8.13. The minimum Gasteiger partial charge on any atom is -0.492 e. The lowest BCUT2D eigenvalue weighted by Crippen LogP contribution is -2.29. The van der Waals surface area contributed by atoms with E-state index in [0.717, 1.165) is 11.3 Å². The van der Waals surface area contributed by atoms with Crippen LogP contribution in [0.5, 0.6) is 5.75 Å². The van der Waals surface area contributed by atoms with Gasteiger partial charge in [-0.2, -0.15) is 0 Å². The molecule has 25 heavy (non-hydrogen) atoms. The highest BCUT2D eigenvalue weighted by Gasteiger charge is 2.06. The summed E-state index contributed by atoms with van der Waals surface area (Å²) in [5.41, 5.74) is 2.61. The second-order valence-electron chi connectivity index (χ2n) is 5.45. The van der Waals surface area contributed by atoms with Gasteiger partial charge in [0.2, 0.25) is 0 Å². The van der Waals surface area contributed by atoms with Gasteiger partial charge in [0.25, 0.3) is 0 Å². The zero-order valence-corrected chi connectivity index (χ0v) is 14.8. The van der Waals surface area contributed by atoms with Gasteiger partial charge < -0.3 is 20.3 Å². The van der Waals surface area contributed by atoms with E-state index < -0.39 is 0 Å². The van der Waals surface area contributed by atoms with Crippen LogP contribution < -0.4 is 20.3 Å². The third kappa shape index (κ3) is 5.47. The predicted molar refractivity (Wildman–Crippen MR) is 102 cm³/mol. The van der Waals surface area contributed by atoms with Crippen molar-refractivity contribution in [1.82, 2.24) is 5.32 Å². The van der Waals surface area contributed by atoms with Crippen LogP contribution in [0, 0.1) is 11.8 Å². The number of benzene rings is 2. The Balaban J connectivity index is 1.92. The minimum atomic E-state index is -0.317. The number of nitrogens with one attached hydrogen (secondary N) is 2. The molecule has 0 aliphatic heterocycles. The van der Waals surface area contributed by atoms with Crippen molar-refractivity contribution < 1.29 is 9.53 Å². The van der Waals surface area contributed by atoms with Gasteiger partial charge in [-0.05, 0) is 31.2 Å². The van der Waals surface area contributed by atoms with E-state index in [-0.39, 0.29) is 12.6 Å². The summed E-state index contributed by atoms with van der Waals surface area (Å²) in [5.74, 6) is 6.70. The van der Waals surface area contributed by atoms with Crippen LogP contribution in [0.2, 0.25) is 0 Å². The summed E-state index contributed by atoms with van der Waals surface area (Å²) >= 11 is 0. The van der Waals surface area contributed by atoms with Gasteiger partial charge in [0.1, 0.15) is 5.75 Å². The van der Waals surface area contributed by atoms with Gasteiger partial charge in [-0.15, -0.1) is 0 Å². The molecular formula is C20H23N3O2. The summed E-state index contributed by atoms with van der Waals surface area (Å²) in [6.45, 7) is 2.69. The second kappa shape index (κ2) is 9.24. The molecule has 0 fully saturated rings. The van der Waals surface area contributed by atoms with Crippen molar-refractivity contribution in [3.8, 4) is 17.6 Å². The Bertz CT molecular complexity index is 776. The highest BCUT2D eigenvalue weighted by atomic mass is 16.5. The van der Waals surface area contributed by atoms with E-state index in [0.29, 0.717) is 18.0 Å². The molecule has 130 valence electrons. The van der Waals surface area contributed by atoms with E-state index in [1.54, 1.807) is 6.07 Å². The molecule has 2 rings (SSSR count). The molecule has 0 heterocycles. The Morgan fingerprint density at radius 3 is 2.60 bits per heavy atom. The van der Waals surface area contributed by atoms with Crippen molar-refractivity contribution in [3.63, 3.8) is 0 Å². The Morgan fingerprint density at radius 2 is 1.84 bits per heavy atom. The molecule has 0 aliphatic rings. The molecular weight excluding hydrogens is 314 g/mol. The number of amides is 2. The van der Waals surface area contributed by atoms with Crippen LogP contribution in [0.4, 0.5) is 16.2 Å². The molecule has 0 saturated heterocycles. The number of anilines is 2. The molecule has 0 bridgehead atoms. The van der Waals surface area contributed by atoms with E-state index >= 15 is 0 Å². The quantitative estimate of drug-likeness (QED) is 0.823. The molecule has 2 aromatic rings. The number of rotatable bonds is 5. The van der Waals surface area contributed by atoms with E-state index in [9.17, 15) is 4.79 Å². The number of nitrogens with zero attached hydrogens (tertiary/aromatic N) is 1. The largest absolute Gasteiger partial charge is 0.492 e. The standard InChI is InChI=1S/C20H23N3O2/c1-4-25-19-14-8-6-12-17(19)22-20(24)21-15-9-11-16-10-5-7-13-18(16)23(2)3/h5-8,10,12-14H,4,15H2,1-3H3,(H2,21,22,24). The van der Waals surface area contributed by atoms with Crippen molar-refractivity contribution in [2.45, 2.75) is 6.92 Å². The van der Waals surface area contributed by atoms with E-state index in [1.807, 2.05) is 68.4 Å². The Labute approximate surface area is 149 Å². The molecule has 0 radical (unpaired) electrons. The van der Waals surface area contributed by atoms with Crippen LogP contribution >= 0.6 is 0 Å². The van der Waals surface area contributed by atoms with Crippen LogP contribution in [0.25, 0.3) is 0 Å². The van der Waals surface area contributed by atoms with Crippen molar-refractivity contribution in [3.05, 3.63) is 54.1 Å². The fourth-order valence-corrected chi connectivity index (χ4v) is 2.25. The van der Waals surface area contributed by atoms with Crippen LogP contribution in [0.3, 0.4) is 0 Å². The maximum Gasteiger partial charge on any atom is 0.320 e. The maximum atomic E-state index is 12.0. The normalized spacial score (nSPS) is 9.56. The van der Waals surface area contributed by atoms with Gasteiger partial charge in [-0.25, -0.2) is 4.79 Å². The number of urea groups is 1. The summed E-state index contributed by atoms with van der Waals surface area (Å²) in [6.07, 6.45) is 0. The first kappa shape index (κ1) is 18.2. The van der Waals surface area contributed by atoms with Gasteiger partial charge in [-0.3, -0.25) is 0 Å². The topological polar surface area (TPSA) is 53.6 Å². The van der Waals surface area contributed by atoms with E-state index in [1.165, 1.54) is 0 Å². The van der Waals surface area contributed by atoms with Crippen LogP contribution in [-0.4, -0.2) is 33.3 Å². The lowest BCUT2D eigenvalue weighted by molar-refractivity contribution is 0.253. The van der Waals surface area contributed by atoms with Crippen molar-refractivity contribution in [1.29, 1.82) is 0 Å². The first-order valence-corrected chi connectivity index (χ1v) is 8.13. The van der Waals surface area contributed by atoms with Gasteiger partial charge in [0.05, 0.1) is 24.5 Å². The summed E-state index contributed by atoms with van der Waals surface area (Å²) in [4.78, 5) is 14.0. The lowest BCUT2D eigenvalue weighted by atomic mass is 10.1. The molecule has 0 saturated carbocycles. The van der Waals surface area contributed by atoms with Crippen molar-refractivity contribution in [2.24, 2.45) is 0 Å². The molecule has 0 unspecified atom stereocenters. The molecule has 5 nitrogen and oxygen atoms in total.